The van der Waals surface area contributed by atoms with Gasteiger partial charge in [-0.2, -0.15) is 10.6 Å². The first kappa shape index (κ1) is 32.5. The molecule has 11 nitrogen and oxygen atoms in total. The van der Waals surface area contributed by atoms with Crippen molar-refractivity contribution in [3.63, 3.8) is 0 Å². The first-order valence-corrected chi connectivity index (χ1v) is 16.1. The van der Waals surface area contributed by atoms with Gasteiger partial charge in [0.25, 0.3) is 0 Å². The van der Waals surface area contributed by atoms with Gasteiger partial charge in [-0.25, -0.2) is 18.8 Å². The van der Waals surface area contributed by atoms with Crippen LogP contribution in [0, 0.1) is 5.82 Å². The number of rotatable bonds is 6. The third-order valence-electron chi connectivity index (χ3n) is 7.36. The molecule has 2 aliphatic heterocycles. The minimum absolute atomic E-state index is 0.0687. The van der Waals surface area contributed by atoms with Crippen molar-refractivity contribution >= 4 is 34.4 Å². The summed E-state index contributed by atoms with van der Waals surface area (Å²) < 4.78 is 45.2. The molecule has 0 bridgehead atoms. The van der Waals surface area contributed by atoms with E-state index in [2.05, 4.69) is 9.64 Å². The molecule has 43 heavy (non-hydrogen) atoms. The zero-order chi connectivity index (χ0) is 31.4. The van der Waals surface area contributed by atoms with Crippen molar-refractivity contribution in [2.24, 2.45) is 0 Å². The number of benzene rings is 2. The Morgan fingerprint density at radius 1 is 0.930 bits per heavy atom. The van der Waals surface area contributed by atoms with Gasteiger partial charge in [-0.05, 0) is 50.6 Å². The normalized spacial score (nSPS) is 18.1. The molecule has 0 aromatic heterocycles. The van der Waals surface area contributed by atoms with Crippen LogP contribution in [0.3, 0.4) is 0 Å². The Balaban J connectivity index is 1.46. The fraction of sp³-hybridized carbons (Fsp3) is 0.500. The van der Waals surface area contributed by atoms with E-state index in [9.17, 15) is 23.5 Å². The van der Waals surface area contributed by atoms with Gasteiger partial charge in [0.1, 0.15) is 11.4 Å². The predicted octanol–water partition coefficient (Wildman–Crippen LogP) is 4.86. The molecule has 4 rings (SSSR count). The molecule has 3 amide bonds. The molecule has 2 heterocycles. The molecule has 0 radical (unpaired) electrons. The average molecular weight is 621 g/mol. The Labute approximate surface area is 253 Å². The van der Waals surface area contributed by atoms with E-state index in [1.165, 1.54) is 29.0 Å². The maximum Gasteiger partial charge on any atom is 0.410 e. The lowest BCUT2D eigenvalue weighted by Gasteiger charge is -2.42. The molecule has 0 aliphatic carbocycles. The number of amides is 3. The maximum absolute atomic E-state index is 15.1. The fourth-order valence-corrected chi connectivity index (χ4v) is 6.13. The number of ether oxygens (including phenoxy) is 2. The van der Waals surface area contributed by atoms with E-state index >= 15 is 4.39 Å². The summed E-state index contributed by atoms with van der Waals surface area (Å²) in [5.74, 6) is -1.12. The van der Waals surface area contributed by atoms with Crippen LogP contribution in [0.15, 0.2) is 42.5 Å². The number of piperazine rings is 1. The van der Waals surface area contributed by atoms with Crippen LogP contribution in [0.25, 0.3) is 0 Å². The summed E-state index contributed by atoms with van der Waals surface area (Å²) in [6.07, 6.45) is -0.309. The Kier molecular flexibility index (Phi) is 10.2. The van der Waals surface area contributed by atoms with Crippen LogP contribution in [0.2, 0.25) is 0 Å². The minimum Gasteiger partial charge on any atom is -0.465 e. The highest BCUT2D eigenvalue weighted by Crippen LogP contribution is 2.40. The lowest BCUT2D eigenvalue weighted by atomic mass is 10.1. The molecule has 236 valence electrons. The van der Waals surface area contributed by atoms with Crippen molar-refractivity contribution in [1.82, 2.24) is 14.7 Å². The fourth-order valence-electron chi connectivity index (χ4n) is 4.90. The van der Waals surface area contributed by atoms with Gasteiger partial charge in [-0.15, -0.1) is 0 Å². The van der Waals surface area contributed by atoms with Crippen molar-refractivity contribution < 1.29 is 37.4 Å². The molecule has 0 unspecified atom stereocenters. The second kappa shape index (κ2) is 13.5. The van der Waals surface area contributed by atoms with Gasteiger partial charge >= 0.3 is 18.1 Å². The molecular weight excluding hydrogens is 579 g/mol. The molecule has 13 heteroatoms. The van der Waals surface area contributed by atoms with Gasteiger partial charge in [-0.1, -0.05) is 18.2 Å². The van der Waals surface area contributed by atoms with Crippen molar-refractivity contribution in [3.05, 3.63) is 65.0 Å². The number of anilines is 1. The second-order valence-corrected chi connectivity index (χ2v) is 14.2. The number of carbonyl (C=O) groups is 3. The molecule has 2 fully saturated rings. The zero-order valence-corrected chi connectivity index (χ0v) is 25.9. The average Bonchev–Trinajstić information content (AvgIpc) is 2.96. The number of esters is 1. The highest BCUT2D eigenvalue weighted by Gasteiger charge is 2.30. The summed E-state index contributed by atoms with van der Waals surface area (Å²) in [6, 6.07) is 11.1. The van der Waals surface area contributed by atoms with E-state index in [0.717, 1.165) is 11.6 Å². The smallest absolute Gasteiger partial charge is 0.410 e. The highest BCUT2D eigenvalue weighted by atomic mass is 32.3. The zero-order valence-electron chi connectivity index (χ0n) is 25.1. The van der Waals surface area contributed by atoms with E-state index in [1.807, 2.05) is 45.0 Å². The summed E-state index contributed by atoms with van der Waals surface area (Å²) in [5, 5.41) is 0. The number of urea groups is 1. The number of hydrogen-bond donors (Lipinski definition) is 2. The molecule has 0 spiro atoms. The van der Waals surface area contributed by atoms with Crippen LogP contribution in [0.1, 0.15) is 42.3 Å². The van der Waals surface area contributed by atoms with Crippen molar-refractivity contribution in [2.45, 2.75) is 39.5 Å². The Hall–Kier alpha value is -3.39. The summed E-state index contributed by atoms with van der Waals surface area (Å²) in [5.41, 5.74) is 1.31. The van der Waals surface area contributed by atoms with Gasteiger partial charge in [-0.3, -0.25) is 18.9 Å². The Morgan fingerprint density at radius 2 is 1.56 bits per heavy atom. The van der Waals surface area contributed by atoms with E-state index in [1.54, 1.807) is 4.90 Å². The van der Waals surface area contributed by atoms with Crippen LogP contribution < -0.4 is 4.90 Å². The van der Waals surface area contributed by atoms with Gasteiger partial charge in [0.2, 0.25) is 0 Å². The Bertz CT molecular complexity index is 1300. The topological polar surface area (TPSA) is 123 Å². The lowest BCUT2D eigenvalue weighted by molar-refractivity contribution is 0.0139. The van der Waals surface area contributed by atoms with Crippen molar-refractivity contribution in [3.8, 4) is 0 Å². The summed E-state index contributed by atoms with van der Waals surface area (Å²) >= 11 is 0. The SMILES string of the molecule is COC(=O)c1ccc(CN(C(=O)N2CCS(O)(O)CC2)c2ccc(CN3CCN(C(=O)OC(C)(C)C)CC3)cc2)c(F)c1. The molecule has 2 aliphatic rings. The van der Waals surface area contributed by atoms with E-state index < -0.39 is 28.0 Å². The Morgan fingerprint density at radius 3 is 2.12 bits per heavy atom. The third-order valence-corrected chi connectivity index (χ3v) is 9.03. The molecule has 2 N–H and O–H groups in total. The molecule has 2 saturated heterocycles. The van der Waals surface area contributed by atoms with Crippen LogP contribution in [0.4, 0.5) is 19.7 Å². The van der Waals surface area contributed by atoms with Gasteiger partial charge in [0.15, 0.2) is 0 Å². The van der Waals surface area contributed by atoms with Crippen molar-refractivity contribution in [2.75, 3.05) is 62.8 Å². The molecular formula is C30H41FN4O7S. The van der Waals surface area contributed by atoms with Crippen molar-refractivity contribution in [1.29, 1.82) is 0 Å². The molecule has 0 saturated carbocycles. The number of nitrogens with zero attached hydrogens (tertiary/aromatic N) is 4. The first-order valence-electron chi connectivity index (χ1n) is 14.2. The summed E-state index contributed by atoms with van der Waals surface area (Å²) in [4.78, 5) is 44.8. The summed E-state index contributed by atoms with van der Waals surface area (Å²) in [6.45, 7) is 8.97. The summed E-state index contributed by atoms with van der Waals surface area (Å²) in [7, 11) is -1.49. The second-order valence-electron chi connectivity index (χ2n) is 11.8. The van der Waals surface area contributed by atoms with Gasteiger partial charge in [0.05, 0.1) is 30.7 Å². The van der Waals surface area contributed by atoms with Crippen LogP contribution in [0.5, 0.6) is 0 Å². The van der Waals surface area contributed by atoms with E-state index in [-0.39, 0.29) is 54.4 Å². The minimum atomic E-state index is -2.71. The predicted molar refractivity (Wildman–Crippen MR) is 163 cm³/mol. The van der Waals surface area contributed by atoms with Gasteiger partial charge < -0.3 is 19.3 Å². The van der Waals surface area contributed by atoms with Crippen LogP contribution >= 0.6 is 10.6 Å². The number of methoxy groups -OCH3 is 1. The largest absolute Gasteiger partial charge is 0.465 e. The number of hydrogen-bond acceptors (Lipinski definition) is 8. The number of halogens is 1. The molecule has 2 aromatic carbocycles. The molecule has 2 aromatic rings. The monoisotopic (exact) mass is 620 g/mol. The third kappa shape index (κ3) is 8.82. The van der Waals surface area contributed by atoms with Crippen LogP contribution in [-0.2, 0) is 22.6 Å². The van der Waals surface area contributed by atoms with E-state index in [0.29, 0.717) is 38.4 Å². The first-order chi connectivity index (χ1) is 20.2. The quantitative estimate of drug-likeness (QED) is 0.439. The van der Waals surface area contributed by atoms with E-state index in [4.69, 9.17) is 4.74 Å². The number of carbonyl (C=O) groups excluding carboxylic acids is 3. The standard InChI is InChI=1S/C30H41FN4O7S/c1-30(2,3)42-29(38)34-13-11-32(12-14-34)20-22-5-9-25(10-6-22)35(28(37)33-15-17-43(39,40)18-16-33)21-24-8-7-23(19-26(24)31)27(36)41-4/h5-10,19,39-40H,11-18,20-21H2,1-4H3. The molecule has 0 atom stereocenters. The van der Waals surface area contributed by atoms with Crippen LogP contribution in [-0.4, -0.2) is 105 Å². The maximum atomic E-state index is 15.1. The lowest BCUT2D eigenvalue weighted by Crippen LogP contribution is -2.49. The van der Waals surface area contributed by atoms with Gasteiger partial charge in [0, 0.05) is 57.1 Å². The highest BCUT2D eigenvalue weighted by molar-refractivity contribution is 8.24.